The molecule has 1 aromatic carbocycles. The van der Waals surface area contributed by atoms with E-state index in [0.717, 1.165) is 59.8 Å². The summed E-state index contributed by atoms with van der Waals surface area (Å²) in [5.41, 5.74) is 3.99. The summed E-state index contributed by atoms with van der Waals surface area (Å²) in [6.07, 6.45) is 9.51. The van der Waals surface area contributed by atoms with Crippen molar-refractivity contribution in [3.63, 3.8) is 0 Å². The minimum Gasteiger partial charge on any atom is -0.370 e. The van der Waals surface area contributed by atoms with Crippen molar-refractivity contribution in [1.29, 1.82) is 0 Å². The first-order valence-electron chi connectivity index (χ1n) is 13.5. The molecule has 0 bridgehead atoms. The lowest BCUT2D eigenvalue weighted by atomic mass is 9.92. The van der Waals surface area contributed by atoms with Gasteiger partial charge in [-0.25, -0.2) is 23.4 Å². The molecule has 2 aliphatic heterocycles. The Balaban J connectivity index is 1.39. The Morgan fingerprint density at radius 1 is 1.05 bits per heavy atom. The van der Waals surface area contributed by atoms with Gasteiger partial charge in [0.25, 0.3) is 5.92 Å². The Bertz CT molecular complexity index is 1330. The van der Waals surface area contributed by atoms with Gasteiger partial charge in [0.1, 0.15) is 5.69 Å². The van der Waals surface area contributed by atoms with Gasteiger partial charge in [-0.05, 0) is 62.8 Å². The van der Waals surface area contributed by atoms with Gasteiger partial charge in [-0.3, -0.25) is 0 Å². The van der Waals surface area contributed by atoms with Gasteiger partial charge in [-0.1, -0.05) is 33.3 Å². The molecule has 1 atom stereocenters. The molecule has 0 amide bonds. The van der Waals surface area contributed by atoms with Gasteiger partial charge >= 0.3 is 0 Å². The largest absolute Gasteiger partial charge is 0.370 e. The fourth-order valence-electron chi connectivity index (χ4n) is 5.44. The van der Waals surface area contributed by atoms with Gasteiger partial charge < -0.3 is 9.80 Å². The number of allylic oxidation sites excluding steroid dienone is 1. The molecule has 0 saturated carbocycles. The zero-order valence-electron chi connectivity index (χ0n) is 22.2. The molecule has 2 aromatic heterocycles. The van der Waals surface area contributed by atoms with Gasteiger partial charge in [0, 0.05) is 42.8 Å². The van der Waals surface area contributed by atoms with Crippen molar-refractivity contribution in [2.75, 3.05) is 36.0 Å². The fourth-order valence-corrected chi connectivity index (χ4v) is 5.79. The van der Waals surface area contributed by atoms with Crippen molar-refractivity contribution in [2.24, 2.45) is 11.8 Å². The molecule has 39 heavy (non-hydrogen) atoms. The van der Waals surface area contributed by atoms with Crippen LogP contribution in [0, 0.1) is 18.8 Å². The van der Waals surface area contributed by atoms with Gasteiger partial charge in [0.15, 0.2) is 0 Å². The average molecular weight is 599 g/mol. The SMILES string of the molecule is C=CCCC1CCN(c2cc(Br)ccc2-n2cc(-c3cc(C)nc(N4CCC(F)(F)C(C=C)C4)n3)nn2)CC1. The first kappa shape index (κ1) is 27.4. The van der Waals surface area contributed by atoms with E-state index >= 15 is 0 Å². The minimum absolute atomic E-state index is 0.124. The van der Waals surface area contributed by atoms with Gasteiger partial charge in [-0.2, -0.15) is 0 Å². The van der Waals surface area contributed by atoms with Crippen LogP contribution in [0.3, 0.4) is 0 Å². The molecular weight excluding hydrogens is 564 g/mol. The van der Waals surface area contributed by atoms with Gasteiger partial charge in [0.2, 0.25) is 5.95 Å². The number of halogens is 3. The second kappa shape index (κ2) is 11.5. The minimum atomic E-state index is -2.77. The van der Waals surface area contributed by atoms with Crippen molar-refractivity contribution in [1.82, 2.24) is 25.0 Å². The smallest absolute Gasteiger partial charge is 0.257 e. The lowest BCUT2D eigenvalue weighted by molar-refractivity contribution is -0.0545. The Kier molecular flexibility index (Phi) is 8.11. The third kappa shape index (κ3) is 6.05. The third-order valence-corrected chi connectivity index (χ3v) is 8.25. The van der Waals surface area contributed by atoms with Crippen molar-refractivity contribution in [3.05, 3.63) is 65.9 Å². The predicted molar refractivity (Wildman–Crippen MR) is 155 cm³/mol. The molecule has 0 aliphatic carbocycles. The van der Waals surface area contributed by atoms with E-state index < -0.39 is 11.8 Å². The van der Waals surface area contributed by atoms with Gasteiger partial charge in [-0.15, -0.1) is 18.3 Å². The van der Waals surface area contributed by atoms with E-state index in [0.29, 0.717) is 17.3 Å². The predicted octanol–water partition coefficient (Wildman–Crippen LogP) is 6.63. The van der Waals surface area contributed by atoms with Gasteiger partial charge in [0.05, 0.1) is 29.2 Å². The van der Waals surface area contributed by atoms with E-state index in [4.69, 9.17) is 4.98 Å². The molecule has 2 saturated heterocycles. The summed E-state index contributed by atoms with van der Waals surface area (Å²) in [6.45, 7) is 11.6. The van der Waals surface area contributed by atoms with Crippen molar-refractivity contribution in [3.8, 4) is 17.1 Å². The molecule has 0 radical (unpaired) electrons. The van der Waals surface area contributed by atoms with E-state index in [2.05, 4.69) is 55.4 Å². The first-order valence-corrected chi connectivity index (χ1v) is 14.3. The molecule has 2 fully saturated rings. The maximum Gasteiger partial charge on any atom is 0.257 e. The van der Waals surface area contributed by atoms with Crippen LogP contribution >= 0.6 is 15.9 Å². The second-order valence-corrected chi connectivity index (χ2v) is 11.4. The van der Waals surface area contributed by atoms with Crippen LogP contribution in [0.1, 0.15) is 37.8 Å². The van der Waals surface area contributed by atoms with Crippen LogP contribution in [-0.4, -0.2) is 57.1 Å². The van der Waals surface area contributed by atoms with Crippen LogP contribution in [0.5, 0.6) is 0 Å². The number of alkyl halides is 2. The van der Waals surface area contributed by atoms with Crippen LogP contribution < -0.4 is 9.80 Å². The number of benzene rings is 1. The quantitative estimate of drug-likeness (QED) is 0.272. The molecule has 206 valence electrons. The highest BCUT2D eigenvalue weighted by atomic mass is 79.9. The lowest BCUT2D eigenvalue weighted by Gasteiger charge is -2.37. The average Bonchev–Trinajstić information content (AvgIpc) is 3.42. The van der Waals surface area contributed by atoms with Crippen LogP contribution in [0.15, 0.2) is 60.2 Å². The maximum absolute atomic E-state index is 14.2. The standard InChI is InChI=1S/C29H34BrF2N7/c1-4-6-7-21-10-13-37(14-11-21)27-17-23(30)8-9-26(27)39-19-25(35-36-39)24-16-20(3)33-28(34-24)38-15-12-29(31,32)22(5-2)18-38/h4-5,8-9,16-17,19,21-22H,1-2,6-7,10-15,18H2,3H3. The number of nitrogens with zero attached hydrogens (tertiary/aromatic N) is 7. The molecule has 5 rings (SSSR count). The lowest BCUT2D eigenvalue weighted by Crippen LogP contribution is -2.47. The molecule has 10 heteroatoms. The summed E-state index contributed by atoms with van der Waals surface area (Å²) in [5.74, 6) is -2.55. The van der Waals surface area contributed by atoms with Crippen LogP contribution in [0.2, 0.25) is 0 Å². The van der Waals surface area contributed by atoms with E-state index in [1.165, 1.54) is 12.5 Å². The molecule has 7 nitrogen and oxygen atoms in total. The molecule has 0 spiro atoms. The molecular formula is C29H34BrF2N7. The number of anilines is 2. The maximum atomic E-state index is 14.2. The summed E-state index contributed by atoms with van der Waals surface area (Å²) in [7, 11) is 0. The molecule has 0 N–H and O–H groups in total. The van der Waals surface area contributed by atoms with E-state index in [-0.39, 0.29) is 19.5 Å². The highest BCUT2D eigenvalue weighted by Crippen LogP contribution is 2.36. The summed E-state index contributed by atoms with van der Waals surface area (Å²) in [6, 6.07) is 8.03. The number of hydrogen-bond donors (Lipinski definition) is 0. The highest BCUT2D eigenvalue weighted by molar-refractivity contribution is 9.10. The zero-order valence-corrected chi connectivity index (χ0v) is 23.8. The van der Waals surface area contributed by atoms with Crippen LogP contribution in [0.25, 0.3) is 17.1 Å². The number of aromatic nitrogens is 5. The highest BCUT2D eigenvalue weighted by Gasteiger charge is 2.43. The Labute approximate surface area is 236 Å². The van der Waals surface area contributed by atoms with Crippen molar-refractivity contribution in [2.45, 2.75) is 45.0 Å². The summed E-state index contributed by atoms with van der Waals surface area (Å²) in [4.78, 5) is 13.5. The van der Waals surface area contributed by atoms with Crippen molar-refractivity contribution >= 4 is 27.6 Å². The monoisotopic (exact) mass is 597 g/mol. The second-order valence-electron chi connectivity index (χ2n) is 10.5. The number of rotatable bonds is 8. The normalized spacial score (nSPS) is 19.7. The molecule has 2 aliphatic rings. The summed E-state index contributed by atoms with van der Waals surface area (Å²) < 4.78 is 31.3. The Morgan fingerprint density at radius 3 is 2.59 bits per heavy atom. The number of piperidine rings is 2. The van der Waals surface area contributed by atoms with E-state index in [1.54, 1.807) is 9.58 Å². The summed E-state index contributed by atoms with van der Waals surface area (Å²) >= 11 is 3.64. The fraction of sp³-hybridized carbons (Fsp3) is 0.448. The number of aryl methyl sites for hydroxylation is 1. The van der Waals surface area contributed by atoms with Crippen LogP contribution in [0.4, 0.5) is 20.4 Å². The number of hydrogen-bond acceptors (Lipinski definition) is 6. The Hall–Kier alpha value is -3.14. The summed E-state index contributed by atoms with van der Waals surface area (Å²) in [5, 5.41) is 8.87. The third-order valence-electron chi connectivity index (χ3n) is 7.76. The van der Waals surface area contributed by atoms with E-state index in [1.807, 2.05) is 37.4 Å². The van der Waals surface area contributed by atoms with Crippen LogP contribution in [-0.2, 0) is 0 Å². The molecule has 3 aromatic rings. The Morgan fingerprint density at radius 2 is 1.85 bits per heavy atom. The van der Waals surface area contributed by atoms with Crippen molar-refractivity contribution < 1.29 is 8.78 Å². The van der Waals surface area contributed by atoms with E-state index in [9.17, 15) is 8.78 Å². The first-order chi connectivity index (χ1) is 18.8. The topological polar surface area (TPSA) is 63.0 Å². The zero-order chi connectivity index (χ0) is 27.6. The molecule has 1 unspecified atom stereocenters. The molecule has 4 heterocycles.